The number of para-hydroxylation sites is 1. The minimum atomic E-state index is -0.0987. The summed E-state index contributed by atoms with van der Waals surface area (Å²) in [7, 11) is 0. The fourth-order valence-electron chi connectivity index (χ4n) is 2.20. The highest BCUT2D eigenvalue weighted by atomic mass is 16.1. The highest BCUT2D eigenvalue weighted by Crippen LogP contribution is 2.17. The van der Waals surface area contributed by atoms with Crippen LogP contribution in [0.1, 0.15) is 5.56 Å². The maximum absolute atomic E-state index is 11.9. The number of carbonyl (C=O) groups is 1. The van der Waals surface area contributed by atoms with E-state index in [0.29, 0.717) is 0 Å². The van der Waals surface area contributed by atoms with E-state index in [1.165, 1.54) is 0 Å². The molecule has 2 aromatic carbocycles. The number of nitrogens with one attached hydrogen (secondary N) is 2. The average molecular weight is 308 g/mol. The lowest BCUT2D eigenvalue weighted by Crippen LogP contribution is -2.21. The summed E-state index contributed by atoms with van der Waals surface area (Å²) in [5.41, 5.74) is 3.55. The molecule has 0 aliphatic rings. The van der Waals surface area contributed by atoms with Crippen LogP contribution in [0.15, 0.2) is 54.9 Å². The van der Waals surface area contributed by atoms with Crippen molar-refractivity contribution >= 4 is 17.3 Å². The zero-order chi connectivity index (χ0) is 16.1. The topological polar surface area (TPSA) is 84.7 Å². The fraction of sp³-hybridized carbons (Fsp3) is 0.125. The Kier molecular flexibility index (Phi) is 4.28. The molecule has 0 aliphatic carbocycles. The van der Waals surface area contributed by atoms with Crippen molar-refractivity contribution < 1.29 is 4.79 Å². The summed E-state index contributed by atoms with van der Waals surface area (Å²) in [6, 6.07) is 15.1. The van der Waals surface area contributed by atoms with E-state index in [9.17, 15) is 4.79 Å². The molecule has 1 aromatic heterocycles. The molecule has 3 aromatic rings. The van der Waals surface area contributed by atoms with E-state index in [0.717, 1.165) is 22.6 Å². The summed E-state index contributed by atoms with van der Waals surface area (Å²) in [5.74, 6) is -0.0987. The third-order valence-electron chi connectivity index (χ3n) is 3.30. The molecule has 0 spiro atoms. The first-order valence-electron chi connectivity index (χ1n) is 7.15. The van der Waals surface area contributed by atoms with Gasteiger partial charge in [0.15, 0.2) is 0 Å². The van der Waals surface area contributed by atoms with Crippen molar-refractivity contribution in [1.82, 2.24) is 20.2 Å². The first kappa shape index (κ1) is 14.7. The van der Waals surface area contributed by atoms with Crippen molar-refractivity contribution in [3.05, 3.63) is 60.4 Å². The number of anilines is 2. The van der Waals surface area contributed by atoms with Crippen LogP contribution in [-0.4, -0.2) is 32.7 Å². The van der Waals surface area contributed by atoms with Gasteiger partial charge in [-0.2, -0.15) is 0 Å². The number of benzene rings is 2. The Morgan fingerprint density at radius 1 is 1.13 bits per heavy atom. The van der Waals surface area contributed by atoms with Crippen LogP contribution in [0.25, 0.3) is 5.69 Å². The summed E-state index contributed by atoms with van der Waals surface area (Å²) in [6.07, 6.45) is 1.54. The zero-order valence-corrected chi connectivity index (χ0v) is 12.6. The lowest BCUT2D eigenvalue weighted by molar-refractivity contribution is -0.114. The van der Waals surface area contributed by atoms with E-state index in [-0.39, 0.29) is 12.5 Å². The molecule has 0 saturated carbocycles. The van der Waals surface area contributed by atoms with Gasteiger partial charge in [0.2, 0.25) is 5.91 Å². The first-order chi connectivity index (χ1) is 11.2. The Morgan fingerprint density at radius 2 is 1.96 bits per heavy atom. The molecular weight excluding hydrogens is 292 g/mol. The number of aromatic nitrogens is 4. The molecule has 0 aliphatic heterocycles. The lowest BCUT2D eigenvalue weighted by Gasteiger charge is -2.10. The average Bonchev–Trinajstić information content (AvgIpc) is 3.08. The quantitative estimate of drug-likeness (QED) is 0.753. The smallest absolute Gasteiger partial charge is 0.243 e. The van der Waals surface area contributed by atoms with E-state index >= 15 is 0 Å². The maximum Gasteiger partial charge on any atom is 0.243 e. The largest absolute Gasteiger partial charge is 0.376 e. The Balaban J connectivity index is 1.60. The van der Waals surface area contributed by atoms with Gasteiger partial charge in [0.1, 0.15) is 6.33 Å². The van der Waals surface area contributed by atoms with Crippen molar-refractivity contribution in [2.24, 2.45) is 0 Å². The van der Waals surface area contributed by atoms with Crippen LogP contribution in [0.4, 0.5) is 11.4 Å². The van der Waals surface area contributed by atoms with Gasteiger partial charge in [0.05, 0.1) is 12.2 Å². The molecule has 1 amide bonds. The molecule has 1 heterocycles. The molecule has 0 atom stereocenters. The van der Waals surface area contributed by atoms with Gasteiger partial charge in [0.25, 0.3) is 0 Å². The molecule has 3 rings (SSSR count). The molecule has 0 bridgehead atoms. The highest BCUT2D eigenvalue weighted by molar-refractivity contribution is 5.93. The second-order valence-corrected chi connectivity index (χ2v) is 5.02. The Morgan fingerprint density at radius 3 is 2.65 bits per heavy atom. The molecule has 7 heteroatoms. The van der Waals surface area contributed by atoms with Gasteiger partial charge in [-0.05, 0) is 53.2 Å². The number of nitrogens with zero attached hydrogens (tertiary/aromatic N) is 4. The van der Waals surface area contributed by atoms with Crippen LogP contribution in [0, 0.1) is 6.92 Å². The molecular formula is C16H16N6O. The third-order valence-corrected chi connectivity index (χ3v) is 3.30. The predicted molar refractivity (Wildman–Crippen MR) is 87.5 cm³/mol. The third kappa shape index (κ3) is 3.70. The Hall–Kier alpha value is -3.22. The molecule has 116 valence electrons. The lowest BCUT2D eigenvalue weighted by atomic mass is 10.2. The van der Waals surface area contributed by atoms with E-state index in [4.69, 9.17) is 0 Å². The second-order valence-electron chi connectivity index (χ2n) is 5.02. The van der Waals surface area contributed by atoms with Gasteiger partial charge < -0.3 is 10.6 Å². The summed E-state index contributed by atoms with van der Waals surface area (Å²) in [6.45, 7) is 2.16. The number of carbonyl (C=O) groups excluding carboxylic acids is 1. The number of hydrogen-bond donors (Lipinski definition) is 2. The predicted octanol–water partition coefficient (Wildman–Crippen LogP) is 2.02. The van der Waals surface area contributed by atoms with E-state index < -0.39 is 0 Å². The maximum atomic E-state index is 11.9. The molecule has 7 nitrogen and oxygen atoms in total. The minimum absolute atomic E-state index is 0.0987. The van der Waals surface area contributed by atoms with Gasteiger partial charge in [-0.25, -0.2) is 4.68 Å². The highest BCUT2D eigenvalue weighted by Gasteiger charge is 2.05. The molecule has 0 saturated heterocycles. The van der Waals surface area contributed by atoms with Crippen LogP contribution in [0.3, 0.4) is 0 Å². The molecule has 0 unspecified atom stereocenters. The number of aryl methyl sites for hydroxylation is 1. The van der Waals surface area contributed by atoms with Crippen LogP contribution in [-0.2, 0) is 4.79 Å². The van der Waals surface area contributed by atoms with Gasteiger partial charge >= 0.3 is 0 Å². The number of tetrazole rings is 1. The molecule has 0 fully saturated rings. The molecule has 0 radical (unpaired) electrons. The Bertz CT molecular complexity index is 786. The standard InChI is InChI=1S/C16H16N6O/c1-12-9-14(7-8-15(12)22-11-18-20-21-22)17-10-16(23)19-13-5-3-2-4-6-13/h2-9,11,17H,10H2,1H3,(H,19,23). The SMILES string of the molecule is Cc1cc(NCC(=O)Nc2ccccc2)ccc1-n1cnnn1. The van der Waals surface area contributed by atoms with Crippen molar-refractivity contribution in [3.63, 3.8) is 0 Å². The van der Waals surface area contributed by atoms with Gasteiger partial charge in [0, 0.05) is 11.4 Å². The second kappa shape index (κ2) is 6.69. The first-order valence-corrected chi connectivity index (χ1v) is 7.15. The van der Waals surface area contributed by atoms with Crippen LogP contribution < -0.4 is 10.6 Å². The van der Waals surface area contributed by atoms with Crippen molar-refractivity contribution in [2.45, 2.75) is 6.92 Å². The molecule has 23 heavy (non-hydrogen) atoms. The van der Waals surface area contributed by atoms with Crippen LogP contribution in [0.2, 0.25) is 0 Å². The van der Waals surface area contributed by atoms with Crippen molar-refractivity contribution in [3.8, 4) is 5.69 Å². The number of hydrogen-bond acceptors (Lipinski definition) is 5. The summed E-state index contributed by atoms with van der Waals surface area (Å²) in [4.78, 5) is 11.9. The summed E-state index contributed by atoms with van der Waals surface area (Å²) < 4.78 is 1.60. The summed E-state index contributed by atoms with van der Waals surface area (Å²) >= 11 is 0. The summed E-state index contributed by atoms with van der Waals surface area (Å²) in [5, 5.41) is 17.1. The van der Waals surface area contributed by atoms with E-state index in [1.54, 1.807) is 11.0 Å². The van der Waals surface area contributed by atoms with Crippen molar-refractivity contribution in [1.29, 1.82) is 0 Å². The van der Waals surface area contributed by atoms with Crippen LogP contribution in [0.5, 0.6) is 0 Å². The minimum Gasteiger partial charge on any atom is -0.376 e. The van der Waals surface area contributed by atoms with Gasteiger partial charge in [-0.1, -0.05) is 18.2 Å². The van der Waals surface area contributed by atoms with Crippen molar-refractivity contribution in [2.75, 3.05) is 17.2 Å². The monoisotopic (exact) mass is 308 g/mol. The number of rotatable bonds is 5. The van der Waals surface area contributed by atoms with E-state index in [1.807, 2.05) is 55.5 Å². The fourth-order valence-corrected chi connectivity index (χ4v) is 2.20. The number of amides is 1. The normalized spacial score (nSPS) is 10.3. The van der Waals surface area contributed by atoms with Gasteiger partial charge in [-0.15, -0.1) is 5.10 Å². The van der Waals surface area contributed by atoms with Crippen LogP contribution >= 0.6 is 0 Å². The van der Waals surface area contributed by atoms with Gasteiger partial charge in [-0.3, -0.25) is 4.79 Å². The Labute approximate surface area is 133 Å². The van der Waals surface area contributed by atoms with E-state index in [2.05, 4.69) is 26.2 Å². The molecule has 2 N–H and O–H groups in total. The zero-order valence-electron chi connectivity index (χ0n) is 12.6.